The van der Waals surface area contributed by atoms with Gasteiger partial charge in [0.2, 0.25) is 11.6 Å². The van der Waals surface area contributed by atoms with Gasteiger partial charge in [0, 0.05) is 0 Å². The van der Waals surface area contributed by atoms with Crippen molar-refractivity contribution in [1.82, 2.24) is 0 Å². The molecule has 0 aromatic rings. The van der Waals surface area contributed by atoms with Crippen molar-refractivity contribution in [3.63, 3.8) is 0 Å². The van der Waals surface area contributed by atoms with Crippen LogP contribution in [0.3, 0.4) is 0 Å². The second-order valence-electron chi connectivity index (χ2n) is 3.77. The molecule has 0 aromatic carbocycles. The largest absolute Gasteiger partial charge is 0.341 e. The summed E-state index contributed by atoms with van der Waals surface area (Å²) in [4.78, 5) is 0. The van der Waals surface area contributed by atoms with Crippen molar-refractivity contribution in [2.75, 3.05) is 13.3 Å². The highest BCUT2D eigenvalue weighted by molar-refractivity contribution is 4.93. The highest BCUT2D eigenvalue weighted by Crippen LogP contribution is 2.41. The van der Waals surface area contributed by atoms with E-state index in [1.54, 1.807) is 0 Å². The standard InChI is InChI=1S/C8H13F3O2/c1-6(10,4-9)8(3)12-5-7(2,11)13-8/h4-5H2,1-3H3. The SMILES string of the molecule is CC1(F)COC(C)(C(C)(F)CF)O1. The van der Waals surface area contributed by atoms with Crippen LogP contribution in [0.1, 0.15) is 20.8 Å². The molecule has 2 nitrogen and oxygen atoms in total. The maximum atomic E-state index is 13.5. The second-order valence-corrected chi connectivity index (χ2v) is 3.77. The summed E-state index contributed by atoms with van der Waals surface area (Å²) in [5, 5.41) is 0. The highest BCUT2D eigenvalue weighted by atomic mass is 19.2. The zero-order valence-electron chi connectivity index (χ0n) is 7.86. The van der Waals surface area contributed by atoms with Crippen LogP contribution in [-0.2, 0) is 9.47 Å². The van der Waals surface area contributed by atoms with Gasteiger partial charge < -0.3 is 9.47 Å². The molecule has 0 saturated carbocycles. The maximum absolute atomic E-state index is 13.5. The fourth-order valence-electron chi connectivity index (χ4n) is 1.11. The first-order chi connectivity index (χ1) is 5.72. The summed E-state index contributed by atoms with van der Waals surface area (Å²) < 4.78 is 48.3. The van der Waals surface area contributed by atoms with Crippen LogP contribution in [0, 0.1) is 0 Å². The van der Waals surface area contributed by atoms with Crippen LogP contribution in [0.5, 0.6) is 0 Å². The van der Waals surface area contributed by atoms with Crippen LogP contribution in [-0.4, -0.2) is 30.6 Å². The van der Waals surface area contributed by atoms with Crippen LogP contribution < -0.4 is 0 Å². The minimum Gasteiger partial charge on any atom is -0.341 e. The average Bonchev–Trinajstić information content (AvgIpc) is 2.27. The Bertz CT molecular complexity index is 206. The minimum atomic E-state index is -2.34. The number of ether oxygens (including phenoxy) is 2. The third-order valence-electron chi connectivity index (χ3n) is 2.21. The lowest BCUT2D eigenvalue weighted by molar-refractivity contribution is -0.265. The number of hydrogen-bond acceptors (Lipinski definition) is 2. The first kappa shape index (κ1) is 10.8. The molecule has 78 valence electrons. The third-order valence-corrected chi connectivity index (χ3v) is 2.21. The first-order valence-corrected chi connectivity index (χ1v) is 4.00. The molecule has 0 amide bonds. The van der Waals surface area contributed by atoms with Gasteiger partial charge in [0.15, 0.2) is 5.67 Å². The highest BCUT2D eigenvalue weighted by Gasteiger charge is 2.57. The molecule has 0 aliphatic carbocycles. The predicted molar refractivity (Wildman–Crippen MR) is 40.4 cm³/mol. The second kappa shape index (κ2) is 2.85. The zero-order valence-corrected chi connectivity index (χ0v) is 7.86. The molecule has 0 N–H and O–H groups in total. The summed E-state index contributed by atoms with van der Waals surface area (Å²) in [6.45, 7) is 1.63. The Hall–Kier alpha value is -0.290. The Morgan fingerprint density at radius 2 is 2.00 bits per heavy atom. The summed E-state index contributed by atoms with van der Waals surface area (Å²) in [5.74, 6) is -3.89. The topological polar surface area (TPSA) is 18.5 Å². The van der Waals surface area contributed by atoms with Crippen molar-refractivity contribution in [2.24, 2.45) is 0 Å². The van der Waals surface area contributed by atoms with Gasteiger partial charge in [-0.25, -0.2) is 13.2 Å². The maximum Gasteiger partial charge on any atom is 0.232 e. The molecule has 3 unspecified atom stereocenters. The Balaban J connectivity index is 2.81. The average molecular weight is 198 g/mol. The Morgan fingerprint density at radius 3 is 2.31 bits per heavy atom. The van der Waals surface area contributed by atoms with Gasteiger partial charge in [-0.1, -0.05) is 0 Å². The molecule has 1 fully saturated rings. The molecule has 0 radical (unpaired) electrons. The van der Waals surface area contributed by atoms with E-state index in [-0.39, 0.29) is 6.61 Å². The van der Waals surface area contributed by atoms with E-state index in [1.165, 1.54) is 6.92 Å². The number of halogens is 3. The van der Waals surface area contributed by atoms with Crippen LogP contribution in [0.15, 0.2) is 0 Å². The molecule has 1 aliphatic rings. The van der Waals surface area contributed by atoms with E-state index >= 15 is 0 Å². The van der Waals surface area contributed by atoms with Crippen LogP contribution in [0.25, 0.3) is 0 Å². The normalized spacial score (nSPS) is 44.8. The van der Waals surface area contributed by atoms with Gasteiger partial charge in [0.05, 0.1) is 0 Å². The van der Waals surface area contributed by atoms with Gasteiger partial charge in [-0.2, -0.15) is 0 Å². The Labute approximate surface area is 75.0 Å². The fraction of sp³-hybridized carbons (Fsp3) is 1.00. The van der Waals surface area contributed by atoms with Gasteiger partial charge in [0.1, 0.15) is 13.3 Å². The van der Waals surface area contributed by atoms with Crippen molar-refractivity contribution < 1.29 is 22.6 Å². The van der Waals surface area contributed by atoms with E-state index in [0.29, 0.717) is 0 Å². The summed E-state index contributed by atoms with van der Waals surface area (Å²) in [7, 11) is 0. The van der Waals surface area contributed by atoms with Crippen molar-refractivity contribution in [3.05, 3.63) is 0 Å². The molecule has 0 aromatic heterocycles. The minimum absolute atomic E-state index is 0.386. The van der Waals surface area contributed by atoms with Gasteiger partial charge in [-0.05, 0) is 20.8 Å². The smallest absolute Gasteiger partial charge is 0.232 e. The van der Waals surface area contributed by atoms with Gasteiger partial charge in [-0.15, -0.1) is 0 Å². The van der Waals surface area contributed by atoms with E-state index < -0.39 is 24.0 Å². The molecule has 1 aliphatic heterocycles. The lowest BCUT2D eigenvalue weighted by Gasteiger charge is -2.33. The fourth-order valence-corrected chi connectivity index (χ4v) is 1.11. The molecule has 1 heterocycles. The van der Waals surface area contributed by atoms with Crippen LogP contribution in [0.2, 0.25) is 0 Å². The predicted octanol–water partition coefficient (Wildman–Crippen LogP) is 2.13. The monoisotopic (exact) mass is 198 g/mol. The van der Waals surface area contributed by atoms with Crippen molar-refractivity contribution in [2.45, 2.75) is 38.1 Å². The molecule has 1 saturated heterocycles. The third kappa shape index (κ3) is 1.81. The van der Waals surface area contributed by atoms with Crippen molar-refractivity contribution in [3.8, 4) is 0 Å². The van der Waals surface area contributed by atoms with Gasteiger partial charge in [0.25, 0.3) is 0 Å². The Kier molecular flexibility index (Phi) is 2.37. The molecular weight excluding hydrogens is 185 g/mol. The van der Waals surface area contributed by atoms with Crippen molar-refractivity contribution in [1.29, 1.82) is 0 Å². The number of rotatable bonds is 2. The molecule has 0 bridgehead atoms. The van der Waals surface area contributed by atoms with E-state index in [9.17, 15) is 13.2 Å². The number of alkyl halides is 3. The molecule has 0 spiro atoms. The van der Waals surface area contributed by atoms with E-state index in [4.69, 9.17) is 4.74 Å². The quantitative estimate of drug-likeness (QED) is 0.676. The molecule has 5 heteroatoms. The summed E-state index contributed by atoms with van der Waals surface area (Å²) >= 11 is 0. The van der Waals surface area contributed by atoms with Gasteiger partial charge >= 0.3 is 0 Å². The number of hydrogen-bond donors (Lipinski definition) is 0. The van der Waals surface area contributed by atoms with Gasteiger partial charge in [-0.3, -0.25) is 0 Å². The summed E-state index contributed by atoms with van der Waals surface area (Å²) in [6, 6.07) is 0. The molecule has 3 atom stereocenters. The molecular formula is C8H13F3O2. The summed E-state index contributed by atoms with van der Waals surface area (Å²) in [5.41, 5.74) is -2.34. The van der Waals surface area contributed by atoms with E-state index in [0.717, 1.165) is 13.8 Å². The van der Waals surface area contributed by atoms with Crippen LogP contribution >= 0.6 is 0 Å². The summed E-state index contributed by atoms with van der Waals surface area (Å²) in [6.07, 6.45) is 0. The van der Waals surface area contributed by atoms with Crippen LogP contribution in [0.4, 0.5) is 13.2 Å². The lowest BCUT2D eigenvalue weighted by Crippen LogP contribution is -2.50. The molecule has 1 rings (SSSR count). The zero-order chi connectivity index (χ0) is 10.3. The van der Waals surface area contributed by atoms with E-state index in [2.05, 4.69) is 4.74 Å². The Morgan fingerprint density at radius 1 is 1.46 bits per heavy atom. The lowest BCUT2D eigenvalue weighted by atomic mass is 10.0. The van der Waals surface area contributed by atoms with E-state index in [1.807, 2.05) is 0 Å². The van der Waals surface area contributed by atoms with Crippen molar-refractivity contribution >= 4 is 0 Å². The first-order valence-electron chi connectivity index (χ1n) is 4.00. The molecule has 13 heavy (non-hydrogen) atoms.